The lowest BCUT2D eigenvalue weighted by atomic mass is 10.2. The minimum Gasteiger partial charge on any atom is -0.465 e. The molecule has 0 fully saturated rings. The van der Waals surface area contributed by atoms with Gasteiger partial charge in [-0.1, -0.05) is 18.2 Å². The number of hydrogen-bond acceptors (Lipinski definition) is 4. The van der Waals surface area contributed by atoms with E-state index in [9.17, 15) is 9.00 Å². The molecule has 1 heterocycles. The third-order valence-corrected chi connectivity index (χ3v) is 3.89. The van der Waals surface area contributed by atoms with Gasteiger partial charge in [-0.15, -0.1) is 0 Å². The first kappa shape index (κ1) is 13.4. The molecule has 0 amide bonds. The van der Waals surface area contributed by atoms with Gasteiger partial charge in [-0.05, 0) is 24.3 Å². The van der Waals surface area contributed by atoms with E-state index in [0.29, 0.717) is 17.0 Å². The van der Waals surface area contributed by atoms with Crippen molar-refractivity contribution >= 4 is 16.8 Å². The lowest BCUT2D eigenvalue weighted by Crippen LogP contribution is -2.04. The van der Waals surface area contributed by atoms with Crippen molar-refractivity contribution in [3.05, 3.63) is 59.9 Å². The quantitative estimate of drug-likeness (QED) is 0.802. The number of benzene rings is 1. The van der Waals surface area contributed by atoms with Crippen molar-refractivity contribution in [2.45, 2.75) is 10.6 Å². The molecule has 1 aromatic carbocycles. The number of carbonyl (C=O) groups excluding carboxylic acids is 1. The van der Waals surface area contributed by atoms with E-state index in [4.69, 9.17) is 0 Å². The molecule has 2 aromatic rings. The van der Waals surface area contributed by atoms with Crippen LogP contribution in [0.5, 0.6) is 0 Å². The first-order valence-corrected chi connectivity index (χ1v) is 6.99. The van der Waals surface area contributed by atoms with Gasteiger partial charge in [0.2, 0.25) is 0 Å². The van der Waals surface area contributed by atoms with E-state index in [1.807, 2.05) is 30.3 Å². The van der Waals surface area contributed by atoms with Crippen molar-refractivity contribution in [1.82, 2.24) is 4.98 Å². The third-order valence-electron chi connectivity index (χ3n) is 2.53. The number of pyridine rings is 1. The molecule has 0 aliphatic carbocycles. The Kier molecular flexibility index (Phi) is 4.41. The molecule has 1 atom stereocenters. The van der Waals surface area contributed by atoms with Crippen LogP contribution in [0.4, 0.5) is 0 Å². The predicted octanol–water partition coefficient (Wildman–Crippen LogP) is 2.18. The average Bonchev–Trinajstić information content (AvgIpc) is 2.48. The fourth-order valence-electron chi connectivity index (χ4n) is 1.54. The molecule has 0 N–H and O–H groups in total. The summed E-state index contributed by atoms with van der Waals surface area (Å²) in [5.41, 5.74) is 1.06. The van der Waals surface area contributed by atoms with Crippen LogP contribution in [0.1, 0.15) is 16.1 Å². The maximum absolute atomic E-state index is 12.1. The molecular formula is C14H13NO3S. The number of rotatable bonds is 4. The van der Waals surface area contributed by atoms with Crippen LogP contribution in [0.15, 0.2) is 53.6 Å². The lowest BCUT2D eigenvalue weighted by molar-refractivity contribution is 0.0600. The Balaban J connectivity index is 2.08. The van der Waals surface area contributed by atoms with Crippen LogP contribution >= 0.6 is 0 Å². The number of nitrogens with zero attached hydrogens (tertiary/aromatic N) is 1. The molecule has 98 valence electrons. The van der Waals surface area contributed by atoms with Crippen molar-refractivity contribution in [3.8, 4) is 0 Å². The van der Waals surface area contributed by atoms with Crippen LogP contribution in [0.2, 0.25) is 0 Å². The van der Waals surface area contributed by atoms with Gasteiger partial charge in [0.1, 0.15) is 0 Å². The van der Waals surface area contributed by atoms with Crippen LogP contribution in [-0.2, 0) is 21.3 Å². The summed E-state index contributed by atoms with van der Waals surface area (Å²) in [6.45, 7) is 0. The van der Waals surface area contributed by atoms with Crippen LogP contribution in [-0.4, -0.2) is 22.3 Å². The van der Waals surface area contributed by atoms with Crippen LogP contribution in [0, 0.1) is 0 Å². The standard InChI is InChI=1S/C14H13NO3S/c1-18-14(16)11-7-8-12(15-9-11)10-19(17)13-5-3-2-4-6-13/h2-9H,10H2,1H3. The summed E-state index contributed by atoms with van der Waals surface area (Å²) >= 11 is 0. The number of hydrogen-bond donors (Lipinski definition) is 0. The minimum absolute atomic E-state index is 0.325. The van der Waals surface area contributed by atoms with Gasteiger partial charge in [-0.25, -0.2) is 4.79 Å². The summed E-state index contributed by atoms with van der Waals surface area (Å²) in [5.74, 6) is -0.103. The van der Waals surface area contributed by atoms with Crippen molar-refractivity contribution in [2.75, 3.05) is 7.11 Å². The molecule has 2 rings (SSSR count). The highest BCUT2D eigenvalue weighted by molar-refractivity contribution is 7.84. The van der Waals surface area contributed by atoms with Crippen molar-refractivity contribution in [3.63, 3.8) is 0 Å². The number of aromatic nitrogens is 1. The van der Waals surface area contributed by atoms with E-state index in [1.165, 1.54) is 13.3 Å². The van der Waals surface area contributed by atoms with Crippen molar-refractivity contribution in [1.29, 1.82) is 0 Å². The molecule has 5 heteroatoms. The smallest absolute Gasteiger partial charge is 0.339 e. The van der Waals surface area contributed by atoms with Crippen LogP contribution < -0.4 is 0 Å². The maximum Gasteiger partial charge on any atom is 0.339 e. The first-order chi connectivity index (χ1) is 9.20. The Bertz CT molecular complexity index is 581. The Morgan fingerprint density at radius 1 is 1.21 bits per heavy atom. The van der Waals surface area contributed by atoms with Gasteiger partial charge in [0.05, 0.1) is 34.9 Å². The number of carbonyl (C=O) groups is 1. The van der Waals surface area contributed by atoms with Gasteiger partial charge in [-0.3, -0.25) is 9.19 Å². The van der Waals surface area contributed by atoms with Gasteiger partial charge in [0.25, 0.3) is 0 Å². The summed E-state index contributed by atoms with van der Waals surface area (Å²) in [6.07, 6.45) is 1.43. The molecule has 0 aliphatic rings. The summed E-state index contributed by atoms with van der Waals surface area (Å²) in [6, 6.07) is 12.5. The third kappa shape index (κ3) is 3.48. The monoisotopic (exact) mass is 275 g/mol. The zero-order valence-electron chi connectivity index (χ0n) is 10.4. The van der Waals surface area contributed by atoms with E-state index in [1.54, 1.807) is 12.1 Å². The number of methoxy groups -OCH3 is 1. The minimum atomic E-state index is -1.13. The zero-order valence-corrected chi connectivity index (χ0v) is 11.2. The molecule has 1 aromatic heterocycles. The second-order valence-corrected chi connectivity index (χ2v) is 5.28. The molecule has 19 heavy (non-hydrogen) atoms. The molecule has 0 aliphatic heterocycles. The Morgan fingerprint density at radius 3 is 2.53 bits per heavy atom. The fraction of sp³-hybridized carbons (Fsp3) is 0.143. The van der Waals surface area contributed by atoms with E-state index in [0.717, 1.165) is 4.90 Å². The Hall–Kier alpha value is -2.01. The van der Waals surface area contributed by atoms with E-state index in [2.05, 4.69) is 9.72 Å². The molecule has 0 bridgehead atoms. The molecule has 0 spiro atoms. The van der Waals surface area contributed by atoms with Gasteiger partial charge in [0, 0.05) is 11.1 Å². The summed E-state index contributed by atoms with van der Waals surface area (Å²) in [5, 5.41) is 0. The second-order valence-electron chi connectivity index (χ2n) is 3.83. The van der Waals surface area contributed by atoms with Crippen LogP contribution in [0.3, 0.4) is 0 Å². The Labute approximate surface area is 113 Å². The van der Waals surface area contributed by atoms with Crippen molar-refractivity contribution in [2.24, 2.45) is 0 Å². The Morgan fingerprint density at radius 2 is 1.95 bits per heavy atom. The molecule has 0 radical (unpaired) electrons. The maximum atomic E-state index is 12.1. The highest BCUT2D eigenvalue weighted by Crippen LogP contribution is 2.11. The SMILES string of the molecule is COC(=O)c1ccc(CS(=O)c2ccccc2)nc1. The highest BCUT2D eigenvalue weighted by atomic mass is 32.2. The van der Waals surface area contributed by atoms with Gasteiger partial charge in [0.15, 0.2) is 0 Å². The summed E-state index contributed by atoms with van der Waals surface area (Å²) in [4.78, 5) is 16.1. The van der Waals surface area contributed by atoms with E-state index < -0.39 is 16.8 Å². The van der Waals surface area contributed by atoms with Gasteiger partial charge < -0.3 is 4.74 Å². The van der Waals surface area contributed by atoms with Gasteiger partial charge >= 0.3 is 5.97 Å². The molecule has 0 saturated heterocycles. The molecular weight excluding hydrogens is 262 g/mol. The number of esters is 1. The van der Waals surface area contributed by atoms with Crippen LogP contribution in [0.25, 0.3) is 0 Å². The molecule has 1 unspecified atom stereocenters. The average molecular weight is 275 g/mol. The second kappa shape index (κ2) is 6.24. The lowest BCUT2D eigenvalue weighted by Gasteiger charge is -2.03. The molecule has 0 saturated carbocycles. The highest BCUT2D eigenvalue weighted by Gasteiger charge is 2.08. The molecule has 4 nitrogen and oxygen atoms in total. The largest absolute Gasteiger partial charge is 0.465 e. The normalized spacial score (nSPS) is 11.8. The summed E-state index contributed by atoms with van der Waals surface area (Å²) < 4.78 is 16.7. The number of ether oxygens (including phenoxy) is 1. The first-order valence-electron chi connectivity index (χ1n) is 5.67. The van der Waals surface area contributed by atoms with Gasteiger partial charge in [-0.2, -0.15) is 0 Å². The predicted molar refractivity (Wildman–Crippen MR) is 72.1 cm³/mol. The van der Waals surface area contributed by atoms with E-state index in [-0.39, 0.29) is 0 Å². The van der Waals surface area contributed by atoms with Crippen molar-refractivity contribution < 1.29 is 13.7 Å². The topological polar surface area (TPSA) is 56.3 Å². The zero-order chi connectivity index (χ0) is 13.7. The van der Waals surface area contributed by atoms with E-state index >= 15 is 0 Å². The summed E-state index contributed by atoms with van der Waals surface area (Å²) in [7, 11) is 0.188. The fourth-order valence-corrected chi connectivity index (χ4v) is 2.61.